The minimum absolute atomic E-state index is 0.363. The van der Waals surface area contributed by atoms with Gasteiger partial charge in [-0.25, -0.2) is 4.98 Å². The van der Waals surface area contributed by atoms with Crippen molar-refractivity contribution in [3.05, 3.63) is 24.0 Å². The van der Waals surface area contributed by atoms with Crippen molar-refractivity contribution in [3.63, 3.8) is 0 Å². The molecule has 0 atom stereocenters. The Morgan fingerprint density at radius 1 is 1.25 bits per heavy atom. The highest BCUT2D eigenvalue weighted by Gasteiger charge is 2.10. The highest BCUT2D eigenvalue weighted by molar-refractivity contribution is 5.26. The van der Waals surface area contributed by atoms with Gasteiger partial charge in [-0.1, -0.05) is 6.92 Å². The van der Waals surface area contributed by atoms with E-state index in [1.165, 1.54) is 0 Å². The van der Waals surface area contributed by atoms with Crippen LogP contribution in [0.25, 0.3) is 0 Å². The first-order valence-corrected chi connectivity index (χ1v) is 6.80. The van der Waals surface area contributed by atoms with Gasteiger partial charge in [0.2, 0.25) is 5.95 Å². The quantitative estimate of drug-likeness (QED) is 0.824. The second-order valence-corrected chi connectivity index (χ2v) is 4.37. The highest BCUT2D eigenvalue weighted by Crippen LogP contribution is 2.11. The van der Waals surface area contributed by atoms with Gasteiger partial charge in [-0.2, -0.15) is 15.0 Å². The van der Waals surface area contributed by atoms with Crippen molar-refractivity contribution in [2.45, 2.75) is 26.7 Å². The van der Waals surface area contributed by atoms with Gasteiger partial charge >= 0.3 is 6.01 Å². The van der Waals surface area contributed by atoms with E-state index in [2.05, 4.69) is 25.3 Å². The van der Waals surface area contributed by atoms with Gasteiger partial charge in [0.05, 0.1) is 13.0 Å². The van der Waals surface area contributed by atoms with Crippen molar-refractivity contribution < 1.29 is 4.74 Å². The monoisotopic (exact) mass is 276 g/mol. The van der Waals surface area contributed by atoms with Crippen LogP contribution in [0.2, 0.25) is 0 Å². The molecule has 0 aliphatic carbocycles. The topological polar surface area (TPSA) is 77.8 Å². The van der Waals surface area contributed by atoms with Gasteiger partial charge in [0.1, 0.15) is 11.6 Å². The predicted molar refractivity (Wildman–Crippen MR) is 75.8 cm³/mol. The number of rotatable bonds is 7. The Hall–Kier alpha value is -2.18. The van der Waals surface area contributed by atoms with E-state index in [1.807, 2.05) is 31.7 Å². The Balaban J connectivity index is 2.21. The molecule has 20 heavy (non-hydrogen) atoms. The molecule has 0 fully saturated rings. The maximum atomic E-state index is 5.50. The summed E-state index contributed by atoms with van der Waals surface area (Å²) >= 11 is 0. The van der Waals surface area contributed by atoms with Gasteiger partial charge in [-0.3, -0.25) is 0 Å². The first-order valence-electron chi connectivity index (χ1n) is 6.80. The zero-order valence-corrected chi connectivity index (χ0v) is 12.1. The van der Waals surface area contributed by atoms with Gasteiger partial charge in [0.25, 0.3) is 0 Å². The molecule has 0 unspecified atom stereocenters. The molecule has 2 heterocycles. The fourth-order valence-corrected chi connectivity index (χ4v) is 1.68. The van der Waals surface area contributed by atoms with Crippen LogP contribution in [0.4, 0.5) is 5.95 Å². The molecule has 2 aromatic rings. The fraction of sp³-hybridized carbons (Fsp3) is 0.538. The molecule has 0 aromatic carbocycles. The number of anilines is 1. The molecule has 2 aromatic heterocycles. The summed E-state index contributed by atoms with van der Waals surface area (Å²) in [5.41, 5.74) is 0. The van der Waals surface area contributed by atoms with Crippen molar-refractivity contribution in [1.29, 1.82) is 0 Å². The standard InChI is InChI=1S/C13H20N6O/c1-4-8-20-13-17-10(16-12(18-13)14-5-2)9-11-15-6-7-19(11)3/h6-7H,4-5,8-9H2,1-3H3,(H,14,16,17,18). The lowest BCUT2D eigenvalue weighted by Gasteiger charge is -2.08. The van der Waals surface area contributed by atoms with Crippen molar-refractivity contribution in [2.24, 2.45) is 7.05 Å². The first kappa shape index (κ1) is 14.2. The van der Waals surface area contributed by atoms with Crippen LogP contribution in [0.3, 0.4) is 0 Å². The third-order valence-electron chi connectivity index (χ3n) is 2.67. The molecule has 7 heteroatoms. The molecule has 0 radical (unpaired) electrons. The van der Waals surface area contributed by atoms with Gasteiger partial charge in [0.15, 0.2) is 0 Å². The molecule has 2 rings (SSSR count). The number of hydrogen-bond donors (Lipinski definition) is 1. The summed E-state index contributed by atoms with van der Waals surface area (Å²) < 4.78 is 7.45. The second kappa shape index (κ2) is 6.83. The number of imidazole rings is 1. The second-order valence-electron chi connectivity index (χ2n) is 4.37. The normalized spacial score (nSPS) is 10.6. The van der Waals surface area contributed by atoms with Crippen molar-refractivity contribution in [2.75, 3.05) is 18.5 Å². The molecule has 0 aliphatic rings. The van der Waals surface area contributed by atoms with Crippen LogP contribution in [0, 0.1) is 0 Å². The number of nitrogens with zero attached hydrogens (tertiary/aromatic N) is 5. The molecule has 0 saturated carbocycles. The van der Waals surface area contributed by atoms with Crippen molar-refractivity contribution >= 4 is 5.95 Å². The average molecular weight is 276 g/mol. The van der Waals surface area contributed by atoms with E-state index in [4.69, 9.17) is 4.74 Å². The molecule has 0 aliphatic heterocycles. The van der Waals surface area contributed by atoms with Crippen LogP contribution in [-0.2, 0) is 13.5 Å². The van der Waals surface area contributed by atoms with E-state index in [1.54, 1.807) is 6.20 Å². The molecule has 0 bridgehead atoms. The fourth-order valence-electron chi connectivity index (χ4n) is 1.68. The number of ether oxygens (including phenoxy) is 1. The largest absolute Gasteiger partial charge is 0.463 e. The maximum Gasteiger partial charge on any atom is 0.321 e. The number of aromatic nitrogens is 5. The van der Waals surface area contributed by atoms with Gasteiger partial charge < -0.3 is 14.6 Å². The number of nitrogens with one attached hydrogen (secondary N) is 1. The summed E-state index contributed by atoms with van der Waals surface area (Å²) in [7, 11) is 1.95. The number of aryl methyl sites for hydroxylation is 1. The van der Waals surface area contributed by atoms with Crippen LogP contribution in [-0.4, -0.2) is 37.7 Å². The third-order valence-corrected chi connectivity index (χ3v) is 2.67. The van der Waals surface area contributed by atoms with Gasteiger partial charge in [-0.15, -0.1) is 0 Å². The molecule has 1 N–H and O–H groups in total. The van der Waals surface area contributed by atoms with E-state index in [0.29, 0.717) is 30.8 Å². The highest BCUT2D eigenvalue weighted by atomic mass is 16.5. The third kappa shape index (κ3) is 3.66. The Morgan fingerprint density at radius 2 is 2.10 bits per heavy atom. The zero-order valence-electron chi connectivity index (χ0n) is 12.1. The van der Waals surface area contributed by atoms with Gasteiger partial charge in [0, 0.05) is 26.0 Å². The SMILES string of the molecule is CCCOc1nc(Cc2nccn2C)nc(NCC)n1. The van der Waals surface area contributed by atoms with E-state index in [9.17, 15) is 0 Å². The summed E-state index contributed by atoms with van der Waals surface area (Å²) in [6.07, 6.45) is 5.12. The average Bonchev–Trinajstić information content (AvgIpc) is 2.82. The molecule has 108 valence electrons. The van der Waals surface area contributed by atoms with Crippen LogP contribution < -0.4 is 10.1 Å². The summed E-state index contributed by atoms with van der Waals surface area (Å²) in [5, 5.41) is 3.09. The van der Waals surface area contributed by atoms with E-state index < -0.39 is 0 Å². The minimum Gasteiger partial charge on any atom is -0.463 e. The zero-order chi connectivity index (χ0) is 14.4. The summed E-state index contributed by atoms with van der Waals surface area (Å²) in [4.78, 5) is 17.2. The Bertz CT molecular complexity index is 554. The summed E-state index contributed by atoms with van der Waals surface area (Å²) in [6.45, 7) is 5.38. The smallest absolute Gasteiger partial charge is 0.321 e. The molecule has 0 saturated heterocycles. The van der Waals surface area contributed by atoms with E-state index >= 15 is 0 Å². The van der Waals surface area contributed by atoms with Crippen LogP contribution in [0.1, 0.15) is 31.9 Å². The van der Waals surface area contributed by atoms with E-state index in [-0.39, 0.29) is 0 Å². The predicted octanol–water partition coefficient (Wildman–Crippen LogP) is 1.42. The van der Waals surface area contributed by atoms with Crippen LogP contribution in [0.5, 0.6) is 6.01 Å². The molecular formula is C13H20N6O. The Labute approximate surface area is 118 Å². The van der Waals surface area contributed by atoms with Crippen molar-refractivity contribution in [3.8, 4) is 6.01 Å². The Kier molecular flexibility index (Phi) is 4.86. The summed E-state index contributed by atoms with van der Waals surface area (Å²) in [5.74, 6) is 2.09. The minimum atomic E-state index is 0.363. The molecular weight excluding hydrogens is 256 g/mol. The molecule has 7 nitrogen and oxygen atoms in total. The van der Waals surface area contributed by atoms with Crippen LogP contribution >= 0.6 is 0 Å². The van der Waals surface area contributed by atoms with E-state index in [0.717, 1.165) is 18.8 Å². The van der Waals surface area contributed by atoms with Crippen LogP contribution in [0.15, 0.2) is 12.4 Å². The lowest BCUT2D eigenvalue weighted by atomic mass is 10.4. The maximum absolute atomic E-state index is 5.50. The van der Waals surface area contributed by atoms with Gasteiger partial charge in [-0.05, 0) is 13.3 Å². The Morgan fingerprint density at radius 3 is 2.75 bits per heavy atom. The van der Waals surface area contributed by atoms with Crippen molar-refractivity contribution in [1.82, 2.24) is 24.5 Å². The number of hydrogen-bond acceptors (Lipinski definition) is 6. The molecule has 0 spiro atoms. The first-order chi connectivity index (χ1) is 9.72. The lowest BCUT2D eigenvalue weighted by Crippen LogP contribution is -2.11. The lowest BCUT2D eigenvalue weighted by molar-refractivity contribution is 0.290. The molecule has 0 amide bonds. The summed E-state index contributed by atoms with van der Waals surface area (Å²) in [6, 6.07) is 0.363.